The summed E-state index contributed by atoms with van der Waals surface area (Å²) in [6, 6.07) is 5.89. The number of aromatic nitrogens is 6. The molecule has 0 fully saturated rings. The summed E-state index contributed by atoms with van der Waals surface area (Å²) in [6.07, 6.45) is 1.71. The molecule has 0 saturated carbocycles. The Balaban J connectivity index is 1.92. The number of hydrogen-bond acceptors (Lipinski definition) is 6. The summed E-state index contributed by atoms with van der Waals surface area (Å²) in [7, 11) is 0. The molecule has 0 aliphatic heterocycles. The molecule has 8 heteroatoms. The first-order chi connectivity index (χ1) is 8.92. The van der Waals surface area contributed by atoms with Crippen molar-refractivity contribution in [1.82, 2.24) is 30.0 Å². The van der Waals surface area contributed by atoms with Crippen LogP contribution in [0.1, 0.15) is 0 Å². The van der Waals surface area contributed by atoms with Crippen LogP contribution in [0, 0.1) is 0 Å². The van der Waals surface area contributed by atoms with Crippen LogP contribution in [-0.4, -0.2) is 30.0 Å². The van der Waals surface area contributed by atoms with Gasteiger partial charge in [-0.25, -0.2) is 0 Å². The number of thiophene rings is 1. The standard InChI is InChI=1S/C10H6N6S2/c1-2-7(17-5-1)8-13-14-10-16(8)15-9(18-10)6-3-4-11-12-6/h1-5H,(H,11,12). The molecule has 0 atom stereocenters. The van der Waals surface area contributed by atoms with Crippen LogP contribution in [0.5, 0.6) is 0 Å². The molecular weight excluding hydrogens is 268 g/mol. The number of nitrogens with zero attached hydrogens (tertiary/aromatic N) is 5. The Morgan fingerprint density at radius 2 is 2.22 bits per heavy atom. The lowest BCUT2D eigenvalue weighted by Crippen LogP contribution is -1.88. The van der Waals surface area contributed by atoms with E-state index in [9.17, 15) is 0 Å². The van der Waals surface area contributed by atoms with Crippen LogP contribution in [-0.2, 0) is 0 Å². The molecule has 0 radical (unpaired) electrons. The molecule has 1 N–H and O–H groups in total. The first-order valence-electron chi connectivity index (χ1n) is 5.18. The highest BCUT2D eigenvalue weighted by atomic mass is 32.1. The van der Waals surface area contributed by atoms with Crippen LogP contribution in [0.15, 0.2) is 29.8 Å². The van der Waals surface area contributed by atoms with E-state index < -0.39 is 0 Å². The molecule has 0 saturated heterocycles. The fraction of sp³-hybridized carbons (Fsp3) is 0. The van der Waals surface area contributed by atoms with Gasteiger partial charge in [0.25, 0.3) is 0 Å². The number of aromatic amines is 1. The van der Waals surface area contributed by atoms with Gasteiger partial charge in [0.1, 0.15) is 0 Å². The molecule has 4 aromatic heterocycles. The van der Waals surface area contributed by atoms with Gasteiger partial charge in [-0.3, -0.25) is 5.10 Å². The third-order valence-electron chi connectivity index (χ3n) is 2.46. The molecule has 18 heavy (non-hydrogen) atoms. The van der Waals surface area contributed by atoms with Gasteiger partial charge in [-0.1, -0.05) is 17.4 Å². The van der Waals surface area contributed by atoms with E-state index in [-0.39, 0.29) is 0 Å². The van der Waals surface area contributed by atoms with E-state index in [2.05, 4.69) is 25.5 Å². The minimum absolute atomic E-state index is 0.780. The van der Waals surface area contributed by atoms with Crippen molar-refractivity contribution in [1.29, 1.82) is 0 Å². The maximum absolute atomic E-state index is 4.52. The number of rotatable bonds is 2. The predicted octanol–water partition coefficient (Wildman–Crippen LogP) is 2.30. The Morgan fingerprint density at radius 3 is 3.00 bits per heavy atom. The zero-order valence-corrected chi connectivity index (χ0v) is 10.6. The van der Waals surface area contributed by atoms with E-state index in [4.69, 9.17) is 0 Å². The van der Waals surface area contributed by atoms with Gasteiger partial charge in [0.15, 0.2) is 10.8 Å². The van der Waals surface area contributed by atoms with Crippen LogP contribution in [0.4, 0.5) is 0 Å². The van der Waals surface area contributed by atoms with Crippen molar-refractivity contribution in [3.05, 3.63) is 29.8 Å². The van der Waals surface area contributed by atoms with Crippen molar-refractivity contribution in [2.45, 2.75) is 0 Å². The Bertz CT molecular complexity index is 780. The summed E-state index contributed by atoms with van der Waals surface area (Å²) in [5.74, 6) is 0.780. The van der Waals surface area contributed by atoms with Crippen molar-refractivity contribution in [2.24, 2.45) is 0 Å². The largest absolute Gasteiger partial charge is 0.275 e. The average molecular weight is 274 g/mol. The van der Waals surface area contributed by atoms with Gasteiger partial charge >= 0.3 is 0 Å². The summed E-state index contributed by atoms with van der Waals surface area (Å²) in [6.45, 7) is 0. The third kappa shape index (κ3) is 1.39. The molecule has 6 nitrogen and oxygen atoms in total. The first kappa shape index (κ1) is 9.92. The Kier molecular flexibility index (Phi) is 2.05. The minimum atomic E-state index is 0.780. The molecule has 0 amide bonds. The SMILES string of the molecule is c1csc(-c2nnc3sc(-c4ccn[nH]4)nn23)c1. The van der Waals surface area contributed by atoms with E-state index in [1.807, 2.05) is 23.6 Å². The van der Waals surface area contributed by atoms with Crippen molar-refractivity contribution < 1.29 is 0 Å². The second kappa shape index (κ2) is 3.72. The molecule has 0 aromatic carbocycles. The second-order valence-corrected chi connectivity index (χ2v) is 5.48. The number of hydrogen-bond donors (Lipinski definition) is 1. The summed E-state index contributed by atoms with van der Waals surface area (Å²) in [5.41, 5.74) is 0.891. The van der Waals surface area contributed by atoms with Gasteiger partial charge in [-0.05, 0) is 17.5 Å². The third-order valence-corrected chi connectivity index (χ3v) is 4.26. The molecule has 0 aliphatic carbocycles. The Hall–Kier alpha value is -2.06. The van der Waals surface area contributed by atoms with Crippen LogP contribution < -0.4 is 0 Å². The van der Waals surface area contributed by atoms with Crippen LogP contribution in [0.3, 0.4) is 0 Å². The van der Waals surface area contributed by atoms with Crippen molar-refractivity contribution in [2.75, 3.05) is 0 Å². The van der Waals surface area contributed by atoms with E-state index >= 15 is 0 Å². The lowest BCUT2D eigenvalue weighted by atomic mass is 10.4. The molecule has 0 aliphatic rings. The molecule has 4 aromatic rings. The molecule has 4 heterocycles. The smallest absolute Gasteiger partial charge is 0.235 e. The molecule has 0 spiro atoms. The lowest BCUT2D eigenvalue weighted by Gasteiger charge is -1.90. The van der Waals surface area contributed by atoms with Gasteiger partial charge in [0.05, 0.1) is 10.6 Å². The number of nitrogens with one attached hydrogen (secondary N) is 1. The summed E-state index contributed by atoms with van der Waals surface area (Å²) >= 11 is 3.11. The van der Waals surface area contributed by atoms with Gasteiger partial charge in [0, 0.05) is 6.20 Å². The van der Waals surface area contributed by atoms with Crippen molar-refractivity contribution in [3.8, 4) is 21.4 Å². The maximum Gasteiger partial charge on any atom is 0.235 e. The number of fused-ring (bicyclic) bond motifs is 1. The Morgan fingerprint density at radius 1 is 1.22 bits per heavy atom. The highest BCUT2D eigenvalue weighted by Gasteiger charge is 2.15. The summed E-state index contributed by atoms with van der Waals surface area (Å²) in [4.78, 5) is 1.84. The normalized spacial score (nSPS) is 11.3. The Labute approximate surface area is 109 Å². The monoisotopic (exact) mass is 274 g/mol. The van der Waals surface area contributed by atoms with Gasteiger partial charge in [-0.15, -0.1) is 21.5 Å². The minimum Gasteiger partial charge on any atom is -0.275 e. The van der Waals surface area contributed by atoms with Gasteiger partial charge < -0.3 is 0 Å². The molecule has 0 bridgehead atoms. The summed E-state index contributed by atoms with van der Waals surface area (Å²) < 4.78 is 1.77. The van der Waals surface area contributed by atoms with Crippen molar-refractivity contribution in [3.63, 3.8) is 0 Å². The fourth-order valence-electron chi connectivity index (χ4n) is 1.66. The van der Waals surface area contributed by atoms with Crippen LogP contribution >= 0.6 is 22.7 Å². The predicted molar refractivity (Wildman–Crippen MR) is 69.6 cm³/mol. The van der Waals surface area contributed by atoms with E-state index in [0.717, 1.165) is 26.4 Å². The van der Waals surface area contributed by atoms with Crippen LogP contribution in [0.25, 0.3) is 26.4 Å². The van der Waals surface area contributed by atoms with Gasteiger partial charge in [0.2, 0.25) is 4.96 Å². The first-order valence-corrected chi connectivity index (χ1v) is 6.87. The zero-order valence-electron chi connectivity index (χ0n) is 8.94. The number of H-pyrrole nitrogens is 1. The lowest BCUT2D eigenvalue weighted by molar-refractivity contribution is 0.967. The van der Waals surface area contributed by atoms with E-state index in [0.29, 0.717) is 0 Å². The van der Waals surface area contributed by atoms with E-state index in [1.54, 1.807) is 22.0 Å². The fourth-order valence-corrected chi connectivity index (χ4v) is 3.17. The highest BCUT2D eigenvalue weighted by molar-refractivity contribution is 7.19. The zero-order chi connectivity index (χ0) is 11.9. The average Bonchev–Trinajstić information content (AvgIpc) is 3.13. The van der Waals surface area contributed by atoms with Crippen LogP contribution in [0.2, 0.25) is 0 Å². The molecule has 88 valence electrons. The molecule has 0 unspecified atom stereocenters. The topological polar surface area (TPSA) is 71.8 Å². The highest BCUT2D eigenvalue weighted by Crippen LogP contribution is 2.28. The molecule has 4 rings (SSSR count). The second-order valence-electron chi connectivity index (χ2n) is 3.57. The quantitative estimate of drug-likeness (QED) is 0.609. The van der Waals surface area contributed by atoms with Gasteiger partial charge in [-0.2, -0.15) is 14.7 Å². The van der Waals surface area contributed by atoms with Crippen molar-refractivity contribution >= 4 is 27.6 Å². The molecular formula is C10H6N6S2. The summed E-state index contributed by atoms with van der Waals surface area (Å²) in [5, 5.41) is 22.5. The maximum atomic E-state index is 4.52. The van der Waals surface area contributed by atoms with E-state index in [1.165, 1.54) is 11.3 Å².